The first kappa shape index (κ1) is 9.63. The summed E-state index contributed by atoms with van der Waals surface area (Å²) >= 11 is 0. The van der Waals surface area contributed by atoms with Crippen LogP contribution >= 0.6 is 7.60 Å². The van der Waals surface area contributed by atoms with Gasteiger partial charge in [0.2, 0.25) is 0 Å². The molecule has 0 aromatic rings. The van der Waals surface area contributed by atoms with Crippen molar-refractivity contribution in [2.24, 2.45) is 0 Å². The number of rotatable bonds is 4. The van der Waals surface area contributed by atoms with Crippen molar-refractivity contribution in [3.05, 3.63) is 24.5 Å². The van der Waals surface area contributed by atoms with Gasteiger partial charge in [-0.1, -0.05) is 18.7 Å². The summed E-state index contributed by atoms with van der Waals surface area (Å²) in [5, 5.41) is 0. The van der Waals surface area contributed by atoms with Crippen molar-refractivity contribution in [1.82, 2.24) is 0 Å². The first-order valence-corrected chi connectivity index (χ1v) is 4.31. The van der Waals surface area contributed by atoms with Crippen LogP contribution in [0.1, 0.15) is 0 Å². The van der Waals surface area contributed by atoms with Gasteiger partial charge in [0, 0.05) is 20.0 Å². The molecule has 0 atom stereocenters. The highest BCUT2D eigenvalue weighted by Crippen LogP contribution is 2.47. The molecule has 0 aliphatic heterocycles. The summed E-state index contributed by atoms with van der Waals surface area (Å²) < 4.78 is 20.3. The van der Waals surface area contributed by atoms with Crippen molar-refractivity contribution >= 4 is 7.60 Å². The van der Waals surface area contributed by atoms with E-state index >= 15 is 0 Å². The number of allylic oxidation sites excluding steroid dienone is 2. The van der Waals surface area contributed by atoms with Crippen LogP contribution in [0.5, 0.6) is 0 Å². The summed E-state index contributed by atoms with van der Waals surface area (Å²) in [5.74, 6) is 1.35. The van der Waals surface area contributed by atoms with E-state index in [1.807, 2.05) is 0 Å². The molecular formula is C6H11O3P. The molecule has 0 saturated carbocycles. The van der Waals surface area contributed by atoms with Crippen LogP contribution < -0.4 is 0 Å². The maximum absolute atomic E-state index is 11.1. The third-order valence-corrected chi connectivity index (χ3v) is 2.47. The smallest absolute Gasteiger partial charge is 0.309 e. The van der Waals surface area contributed by atoms with Crippen LogP contribution in [0.15, 0.2) is 24.5 Å². The molecule has 0 aromatic heterocycles. The number of hydrogen-bond acceptors (Lipinski definition) is 3. The van der Waals surface area contributed by atoms with E-state index in [0.717, 1.165) is 0 Å². The molecule has 0 saturated heterocycles. The molecule has 3 nitrogen and oxygen atoms in total. The van der Waals surface area contributed by atoms with E-state index in [-0.39, 0.29) is 0 Å². The molecule has 0 aliphatic rings. The fraction of sp³-hybridized carbons (Fsp3) is 0.333. The van der Waals surface area contributed by atoms with Gasteiger partial charge in [-0.2, -0.15) is 0 Å². The van der Waals surface area contributed by atoms with Gasteiger partial charge in [-0.15, -0.1) is 0 Å². The van der Waals surface area contributed by atoms with E-state index in [9.17, 15) is 4.57 Å². The monoisotopic (exact) mass is 162 g/mol. The van der Waals surface area contributed by atoms with E-state index in [1.165, 1.54) is 32.2 Å². The van der Waals surface area contributed by atoms with Crippen molar-refractivity contribution in [3.8, 4) is 0 Å². The molecule has 0 N–H and O–H groups in total. The van der Waals surface area contributed by atoms with Crippen LogP contribution in [0, 0.1) is 0 Å². The number of hydrogen-bond donors (Lipinski definition) is 0. The van der Waals surface area contributed by atoms with Gasteiger partial charge >= 0.3 is 7.60 Å². The molecule has 0 bridgehead atoms. The van der Waals surface area contributed by atoms with E-state index < -0.39 is 7.60 Å². The highest BCUT2D eigenvalue weighted by Gasteiger charge is 2.14. The second-order valence-corrected chi connectivity index (χ2v) is 3.59. The van der Waals surface area contributed by atoms with Gasteiger partial charge in [0.1, 0.15) is 0 Å². The Morgan fingerprint density at radius 3 is 2.20 bits per heavy atom. The van der Waals surface area contributed by atoms with E-state index in [2.05, 4.69) is 15.6 Å². The average Bonchev–Trinajstić information content (AvgIpc) is 2.00. The van der Waals surface area contributed by atoms with Crippen LogP contribution in [0.3, 0.4) is 0 Å². The molecule has 58 valence electrons. The van der Waals surface area contributed by atoms with Gasteiger partial charge < -0.3 is 9.05 Å². The van der Waals surface area contributed by atoms with Gasteiger partial charge in [0.15, 0.2) is 0 Å². The van der Waals surface area contributed by atoms with Crippen LogP contribution in [0.4, 0.5) is 0 Å². The van der Waals surface area contributed by atoms with Gasteiger partial charge in [-0.25, -0.2) is 0 Å². The summed E-state index contributed by atoms with van der Waals surface area (Å²) in [6.45, 7) is 3.41. The first-order chi connectivity index (χ1) is 4.68. The Kier molecular flexibility index (Phi) is 4.28. The fourth-order valence-corrected chi connectivity index (χ4v) is 1.09. The van der Waals surface area contributed by atoms with Crippen molar-refractivity contribution in [2.75, 3.05) is 14.2 Å². The molecule has 0 heterocycles. The Labute approximate surface area is 60.9 Å². The molecule has 0 fully saturated rings. The fourth-order valence-electron chi connectivity index (χ4n) is 0.363. The molecule has 0 rings (SSSR count). The minimum absolute atomic E-state index is 1.33. The molecular weight excluding hydrogens is 151 g/mol. The van der Waals surface area contributed by atoms with Gasteiger partial charge in [0.25, 0.3) is 0 Å². The minimum atomic E-state index is -2.95. The predicted molar refractivity (Wildman–Crippen MR) is 41.0 cm³/mol. The Morgan fingerprint density at radius 1 is 1.40 bits per heavy atom. The van der Waals surface area contributed by atoms with E-state index in [0.29, 0.717) is 0 Å². The molecule has 0 radical (unpaired) electrons. The zero-order valence-electron chi connectivity index (χ0n) is 6.11. The second kappa shape index (κ2) is 4.45. The lowest BCUT2D eigenvalue weighted by Gasteiger charge is -2.06. The summed E-state index contributed by atoms with van der Waals surface area (Å²) in [5.41, 5.74) is 0. The second-order valence-electron chi connectivity index (χ2n) is 1.48. The van der Waals surface area contributed by atoms with E-state index in [4.69, 9.17) is 0 Å². The largest absolute Gasteiger partial charge is 0.353 e. The molecule has 4 heteroatoms. The van der Waals surface area contributed by atoms with Crippen LogP contribution in [-0.4, -0.2) is 14.2 Å². The molecule has 0 spiro atoms. The highest BCUT2D eigenvalue weighted by atomic mass is 31.2. The molecule has 0 amide bonds. The maximum Gasteiger partial charge on any atom is 0.353 e. The first-order valence-electron chi connectivity index (χ1n) is 2.70. The lowest BCUT2D eigenvalue weighted by atomic mass is 10.6. The summed E-state index contributed by atoms with van der Waals surface area (Å²) in [7, 11) is -0.287. The third kappa shape index (κ3) is 2.97. The minimum Gasteiger partial charge on any atom is -0.309 e. The Balaban J connectivity index is 4.20. The molecule has 0 aliphatic carbocycles. The van der Waals surface area contributed by atoms with Gasteiger partial charge in [0.05, 0.1) is 0 Å². The zero-order chi connectivity index (χ0) is 8.04. The highest BCUT2D eigenvalue weighted by molar-refractivity contribution is 7.57. The van der Waals surface area contributed by atoms with Crippen molar-refractivity contribution in [2.45, 2.75) is 0 Å². The Hall–Kier alpha value is -0.370. The maximum atomic E-state index is 11.1. The summed E-state index contributed by atoms with van der Waals surface area (Å²) in [6, 6.07) is 0. The van der Waals surface area contributed by atoms with E-state index in [1.54, 1.807) is 0 Å². The van der Waals surface area contributed by atoms with Crippen molar-refractivity contribution in [3.63, 3.8) is 0 Å². The van der Waals surface area contributed by atoms with Gasteiger partial charge in [-0.3, -0.25) is 4.57 Å². The molecule has 10 heavy (non-hydrogen) atoms. The SMILES string of the molecule is C=C/C=C/P(=O)(OC)OC. The Morgan fingerprint density at radius 2 is 1.90 bits per heavy atom. The molecule has 0 aromatic carbocycles. The topological polar surface area (TPSA) is 35.5 Å². The zero-order valence-corrected chi connectivity index (χ0v) is 7.01. The van der Waals surface area contributed by atoms with Crippen LogP contribution in [-0.2, 0) is 13.6 Å². The average molecular weight is 162 g/mol. The standard InChI is InChI=1S/C6H11O3P/c1-4-5-6-10(7,8-2)9-3/h4-6H,1H2,2-3H3/b6-5+. The molecule has 0 unspecified atom stereocenters. The lowest BCUT2D eigenvalue weighted by Crippen LogP contribution is -1.82. The normalized spacial score (nSPS) is 12.2. The van der Waals surface area contributed by atoms with Crippen LogP contribution in [0.25, 0.3) is 0 Å². The quantitative estimate of drug-likeness (QED) is 0.469. The Bertz CT molecular complexity index is 166. The predicted octanol–water partition coefficient (Wildman–Crippen LogP) is 2.17. The lowest BCUT2D eigenvalue weighted by molar-refractivity contribution is 0.286. The van der Waals surface area contributed by atoms with Gasteiger partial charge in [-0.05, 0) is 0 Å². The third-order valence-electron chi connectivity index (χ3n) is 0.914. The van der Waals surface area contributed by atoms with Crippen LogP contribution in [0.2, 0.25) is 0 Å². The summed E-state index contributed by atoms with van der Waals surface area (Å²) in [4.78, 5) is 0. The van der Waals surface area contributed by atoms with Crippen molar-refractivity contribution < 1.29 is 13.6 Å². The summed E-state index contributed by atoms with van der Waals surface area (Å²) in [6.07, 6.45) is 3.03. The van der Waals surface area contributed by atoms with Crippen molar-refractivity contribution in [1.29, 1.82) is 0 Å².